The van der Waals surface area contributed by atoms with Gasteiger partial charge in [-0.25, -0.2) is 9.37 Å². The normalized spacial score (nSPS) is 10.6. The van der Waals surface area contributed by atoms with Gasteiger partial charge in [0.25, 0.3) is 0 Å². The van der Waals surface area contributed by atoms with Crippen LogP contribution in [-0.2, 0) is 6.42 Å². The Morgan fingerprint density at radius 2 is 2.00 bits per heavy atom. The number of halogens is 1. The molecule has 1 radical (unpaired) electrons. The number of aromatic nitrogens is 1. The lowest BCUT2D eigenvalue weighted by molar-refractivity contribution is 0.430. The second kappa shape index (κ2) is 6.43. The van der Waals surface area contributed by atoms with E-state index in [0.717, 1.165) is 12.8 Å². The van der Waals surface area contributed by atoms with Gasteiger partial charge in [-0.05, 0) is 25.0 Å². The van der Waals surface area contributed by atoms with Crippen LogP contribution in [0.5, 0.6) is 11.6 Å². The number of anilines is 2. The SMILES string of the molecule is CCCCc1nc(O)[c]c(O)c1N(C)c1ccccc1F. The number of nitrogens with zero attached hydrogens (tertiary/aromatic N) is 2. The maximum atomic E-state index is 13.9. The molecule has 0 saturated heterocycles. The Kier molecular flexibility index (Phi) is 4.62. The molecule has 2 N–H and O–H groups in total. The Bertz CT molecular complexity index is 632. The first kappa shape index (κ1) is 15.1. The summed E-state index contributed by atoms with van der Waals surface area (Å²) in [4.78, 5) is 5.55. The minimum Gasteiger partial charge on any atom is -0.505 e. The summed E-state index contributed by atoms with van der Waals surface area (Å²) in [5.74, 6) is -0.988. The molecule has 0 atom stereocenters. The average Bonchev–Trinajstić information content (AvgIpc) is 2.44. The third-order valence-corrected chi connectivity index (χ3v) is 3.29. The lowest BCUT2D eigenvalue weighted by Crippen LogP contribution is -2.14. The first-order valence-corrected chi connectivity index (χ1v) is 6.87. The zero-order chi connectivity index (χ0) is 15.4. The molecule has 2 aromatic rings. The van der Waals surface area contributed by atoms with Crippen LogP contribution in [0.2, 0.25) is 0 Å². The molecule has 5 heteroatoms. The molecule has 0 amide bonds. The number of hydrogen-bond acceptors (Lipinski definition) is 4. The predicted octanol–water partition coefficient (Wildman–Crippen LogP) is 3.54. The highest BCUT2D eigenvalue weighted by molar-refractivity contribution is 5.71. The molecule has 2 rings (SSSR count). The van der Waals surface area contributed by atoms with Crippen LogP contribution in [0.25, 0.3) is 0 Å². The van der Waals surface area contributed by atoms with Crippen LogP contribution >= 0.6 is 0 Å². The fourth-order valence-electron chi connectivity index (χ4n) is 2.23. The molecule has 1 heterocycles. The molecule has 0 unspecified atom stereocenters. The molecule has 4 nitrogen and oxygen atoms in total. The Morgan fingerprint density at radius 1 is 1.29 bits per heavy atom. The highest BCUT2D eigenvalue weighted by Crippen LogP contribution is 2.37. The van der Waals surface area contributed by atoms with Gasteiger partial charge in [0.05, 0.1) is 17.4 Å². The largest absolute Gasteiger partial charge is 0.505 e. The van der Waals surface area contributed by atoms with Crippen molar-refractivity contribution >= 4 is 11.4 Å². The number of pyridine rings is 1. The second-order valence-corrected chi connectivity index (χ2v) is 4.82. The molecule has 111 valence electrons. The maximum absolute atomic E-state index is 13.9. The van der Waals surface area contributed by atoms with Gasteiger partial charge in [-0.3, -0.25) is 0 Å². The minimum absolute atomic E-state index is 0.237. The Labute approximate surface area is 123 Å². The van der Waals surface area contributed by atoms with Crippen molar-refractivity contribution in [2.75, 3.05) is 11.9 Å². The van der Waals surface area contributed by atoms with Gasteiger partial charge in [-0.15, -0.1) is 0 Å². The van der Waals surface area contributed by atoms with Crippen molar-refractivity contribution < 1.29 is 14.6 Å². The monoisotopic (exact) mass is 289 g/mol. The number of aryl methyl sites for hydroxylation is 1. The van der Waals surface area contributed by atoms with Gasteiger partial charge in [0.15, 0.2) is 5.75 Å². The first-order chi connectivity index (χ1) is 10.0. The lowest BCUT2D eigenvalue weighted by Gasteiger charge is -2.23. The van der Waals surface area contributed by atoms with E-state index < -0.39 is 5.82 Å². The quantitative estimate of drug-likeness (QED) is 0.884. The van der Waals surface area contributed by atoms with Crippen LogP contribution in [-0.4, -0.2) is 22.2 Å². The number of rotatable bonds is 5. The van der Waals surface area contributed by atoms with Gasteiger partial charge in [-0.2, -0.15) is 0 Å². The minimum atomic E-state index is -0.395. The zero-order valence-corrected chi connectivity index (χ0v) is 12.1. The topological polar surface area (TPSA) is 56.6 Å². The van der Waals surface area contributed by atoms with E-state index >= 15 is 0 Å². The van der Waals surface area contributed by atoms with Crippen LogP contribution in [0, 0.1) is 11.9 Å². The Morgan fingerprint density at radius 3 is 2.67 bits per heavy atom. The molecule has 0 spiro atoms. The molecule has 0 saturated carbocycles. The first-order valence-electron chi connectivity index (χ1n) is 6.87. The van der Waals surface area contributed by atoms with E-state index in [1.165, 1.54) is 11.0 Å². The summed E-state index contributed by atoms with van der Waals surface area (Å²) in [6, 6.07) is 8.65. The molecule has 1 aromatic heterocycles. The molecule has 0 aliphatic carbocycles. The Hall–Kier alpha value is -2.30. The van der Waals surface area contributed by atoms with Crippen LogP contribution in [0.4, 0.5) is 15.8 Å². The molecule has 1 aromatic carbocycles. The van der Waals surface area contributed by atoms with Crippen molar-refractivity contribution in [3.8, 4) is 11.6 Å². The van der Waals surface area contributed by atoms with Crippen molar-refractivity contribution in [3.05, 3.63) is 41.8 Å². The molecular formula is C16H18FN2O2. The molecule has 0 bridgehead atoms. The van der Waals surface area contributed by atoms with E-state index in [0.29, 0.717) is 23.5 Å². The highest BCUT2D eigenvalue weighted by atomic mass is 19.1. The van der Waals surface area contributed by atoms with Crippen LogP contribution in [0.1, 0.15) is 25.5 Å². The maximum Gasteiger partial charge on any atom is 0.223 e. The van der Waals surface area contributed by atoms with E-state index in [1.54, 1.807) is 25.2 Å². The summed E-state index contributed by atoms with van der Waals surface area (Å²) >= 11 is 0. The number of para-hydroxylation sites is 1. The summed E-state index contributed by atoms with van der Waals surface area (Å²) < 4.78 is 13.9. The zero-order valence-electron chi connectivity index (χ0n) is 12.1. The standard InChI is InChI=1S/C16H18FN2O2/c1-3-4-8-12-16(14(20)10-15(21)18-12)19(2)13-9-6-5-7-11(13)17/h5-7,9H,3-4,8H2,1-2H3,(H2,18,20,21). The van der Waals surface area contributed by atoms with E-state index in [9.17, 15) is 14.6 Å². The number of benzene rings is 1. The van der Waals surface area contributed by atoms with Crippen molar-refractivity contribution in [2.24, 2.45) is 0 Å². The molecule has 0 aliphatic heterocycles. The number of aromatic hydroxyl groups is 2. The molecule has 21 heavy (non-hydrogen) atoms. The molecular weight excluding hydrogens is 271 g/mol. The van der Waals surface area contributed by atoms with Gasteiger partial charge in [0, 0.05) is 7.05 Å². The summed E-state index contributed by atoms with van der Waals surface area (Å²) in [5.41, 5.74) is 1.22. The third-order valence-electron chi connectivity index (χ3n) is 3.29. The second-order valence-electron chi connectivity index (χ2n) is 4.82. The molecule has 0 fully saturated rings. The number of unbranched alkanes of at least 4 members (excludes halogenated alkanes) is 1. The summed E-state index contributed by atoms with van der Waals surface area (Å²) in [5, 5.41) is 19.6. The summed E-state index contributed by atoms with van der Waals surface area (Å²) in [7, 11) is 1.65. The van der Waals surface area contributed by atoms with Crippen molar-refractivity contribution in [1.29, 1.82) is 0 Å². The molecule has 0 aliphatic rings. The van der Waals surface area contributed by atoms with Gasteiger partial charge < -0.3 is 15.1 Å². The van der Waals surface area contributed by atoms with Crippen LogP contribution in [0.3, 0.4) is 0 Å². The fraction of sp³-hybridized carbons (Fsp3) is 0.312. The van der Waals surface area contributed by atoms with Crippen molar-refractivity contribution in [2.45, 2.75) is 26.2 Å². The van der Waals surface area contributed by atoms with E-state index in [1.807, 2.05) is 6.92 Å². The predicted molar refractivity (Wildman–Crippen MR) is 79.5 cm³/mol. The third kappa shape index (κ3) is 3.24. The van der Waals surface area contributed by atoms with Gasteiger partial charge >= 0.3 is 0 Å². The highest BCUT2D eigenvalue weighted by Gasteiger charge is 2.19. The Balaban J connectivity index is 2.49. The smallest absolute Gasteiger partial charge is 0.223 e. The number of hydrogen-bond donors (Lipinski definition) is 2. The fourth-order valence-corrected chi connectivity index (χ4v) is 2.23. The summed E-state index contributed by atoms with van der Waals surface area (Å²) in [6.45, 7) is 2.04. The van der Waals surface area contributed by atoms with Crippen LogP contribution < -0.4 is 4.90 Å². The summed E-state index contributed by atoms with van der Waals surface area (Å²) in [6.07, 6.45) is 2.39. The van der Waals surface area contributed by atoms with Crippen LogP contribution in [0.15, 0.2) is 24.3 Å². The van der Waals surface area contributed by atoms with Gasteiger partial charge in [0.1, 0.15) is 11.5 Å². The van der Waals surface area contributed by atoms with Gasteiger partial charge in [0.2, 0.25) is 5.88 Å². The van der Waals surface area contributed by atoms with E-state index in [-0.39, 0.29) is 11.6 Å². The van der Waals surface area contributed by atoms with Crippen molar-refractivity contribution in [1.82, 2.24) is 4.98 Å². The average molecular weight is 289 g/mol. The lowest BCUT2D eigenvalue weighted by atomic mass is 10.1. The van der Waals surface area contributed by atoms with E-state index in [2.05, 4.69) is 11.1 Å². The van der Waals surface area contributed by atoms with Gasteiger partial charge in [-0.1, -0.05) is 25.5 Å². The van der Waals surface area contributed by atoms with Crippen molar-refractivity contribution in [3.63, 3.8) is 0 Å². The van der Waals surface area contributed by atoms with E-state index in [4.69, 9.17) is 0 Å².